The van der Waals surface area contributed by atoms with E-state index in [1.54, 1.807) is 0 Å². The Morgan fingerprint density at radius 2 is 1.90 bits per heavy atom. The number of alkyl halides is 3. The van der Waals surface area contributed by atoms with Gasteiger partial charge in [-0.1, -0.05) is 6.07 Å². The van der Waals surface area contributed by atoms with Crippen LogP contribution in [-0.4, -0.2) is 68.2 Å². The summed E-state index contributed by atoms with van der Waals surface area (Å²) in [4.78, 5) is 43.6. The van der Waals surface area contributed by atoms with Crippen molar-refractivity contribution in [2.45, 2.75) is 6.18 Å². The molecule has 0 radical (unpaired) electrons. The van der Waals surface area contributed by atoms with Crippen molar-refractivity contribution in [1.82, 2.24) is 15.5 Å². The van der Waals surface area contributed by atoms with E-state index in [1.807, 2.05) is 5.32 Å². The number of carbonyl (C=O) groups excluding carboxylic acids is 3. The van der Waals surface area contributed by atoms with Crippen LogP contribution in [0.1, 0.15) is 5.56 Å². The first-order valence-electron chi connectivity index (χ1n) is 9.06. The van der Waals surface area contributed by atoms with Gasteiger partial charge in [-0.3, -0.25) is 24.8 Å². The topological polar surface area (TPSA) is 94.1 Å². The second-order valence-electron chi connectivity index (χ2n) is 6.64. The largest absolute Gasteiger partial charge is 0.416 e. The predicted molar refractivity (Wildman–Crippen MR) is 98.6 cm³/mol. The van der Waals surface area contributed by atoms with Crippen molar-refractivity contribution in [3.8, 4) is 0 Å². The molecule has 2 N–H and O–H groups in total. The molecule has 0 aliphatic carbocycles. The maximum absolute atomic E-state index is 12.9. The Hall–Kier alpha value is -2.79. The van der Waals surface area contributed by atoms with Gasteiger partial charge < -0.3 is 5.32 Å². The van der Waals surface area contributed by atoms with Crippen molar-refractivity contribution in [3.05, 3.63) is 29.8 Å². The van der Waals surface area contributed by atoms with Gasteiger partial charge in [-0.05, 0) is 18.2 Å². The van der Waals surface area contributed by atoms with E-state index >= 15 is 0 Å². The quantitative estimate of drug-likeness (QED) is 0.554. The zero-order chi connectivity index (χ0) is 21.0. The molecular weight excluding hydrogens is 391 g/mol. The summed E-state index contributed by atoms with van der Waals surface area (Å²) in [5.74, 6) is -3.18. The molecule has 0 spiro atoms. The first kappa shape index (κ1) is 20.9. The predicted octanol–water partition coefficient (Wildman–Crippen LogP) is 0.880. The van der Waals surface area contributed by atoms with E-state index in [0.717, 1.165) is 44.5 Å². The lowest BCUT2D eigenvalue weighted by molar-refractivity contribution is -0.138. The normalized spacial score (nSPS) is 21.7. The van der Waals surface area contributed by atoms with E-state index in [9.17, 15) is 27.6 Å². The smallest absolute Gasteiger partial charge is 0.314 e. The second-order valence-corrected chi connectivity index (χ2v) is 6.64. The standard InChI is InChI=1S/C18H20F3N5O3/c19-18(20,21)12-2-1-3-13(10-12)26-16(28)14(15(27)24-17(26)29)11-23-6-9-25-7-4-22-5-8-25/h1-3,10-11,14,22H,4-9H2,(H,24,27,29)/t14-/m0/s1. The van der Waals surface area contributed by atoms with Gasteiger partial charge >= 0.3 is 12.2 Å². The lowest BCUT2D eigenvalue weighted by Crippen LogP contribution is -2.58. The molecule has 0 bridgehead atoms. The maximum atomic E-state index is 12.9. The number of urea groups is 1. The van der Waals surface area contributed by atoms with Crippen molar-refractivity contribution < 1.29 is 27.6 Å². The average molecular weight is 411 g/mol. The molecule has 156 valence electrons. The molecule has 2 aliphatic rings. The highest BCUT2D eigenvalue weighted by molar-refractivity contribution is 6.32. The summed E-state index contributed by atoms with van der Waals surface area (Å²) in [6, 6.07) is 2.71. The molecular formula is C18H20F3N5O3. The minimum Gasteiger partial charge on any atom is -0.314 e. The van der Waals surface area contributed by atoms with Gasteiger partial charge in [0.2, 0.25) is 5.91 Å². The summed E-state index contributed by atoms with van der Waals surface area (Å²) in [6.07, 6.45) is -3.49. The van der Waals surface area contributed by atoms with Gasteiger partial charge in [0.15, 0.2) is 5.92 Å². The molecule has 2 saturated heterocycles. The second kappa shape index (κ2) is 8.70. The fourth-order valence-corrected chi connectivity index (χ4v) is 3.10. The number of halogens is 3. The van der Waals surface area contributed by atoms with E-state index < -0.39 is 35.5 Å². The first-order chi connectivity index (χ1) is 13.8. The van der Waals surface area contributed by atoms with Crippen LogP contribution in [0.25, 0.3) is 0 Å². The monoisotopic (exact) mass is 411 g/mol. The molecule has 0 saturated carbocycles. The lowest BCUT2D eigenvalue weighted by Gasteiger charge is -2.29. The van der Waals surface area contributed by atoms with Crippen molar-refractivity contribution in [3.63, 3.8) is 0 Å². The Morgan fingerprint density at radius 1 is 1.17 bits per heavy atom. The number of carbonyl (C=O) groups is 3. The Balaban J connectivity index is 1.71. The fourth-order valence-electron chi connectivity index (χ4n) is 3.10. The van der Waals surface area contributed by atoms with E-state index in [0.29, 0.717) is 24.1 Å². The number of hydrogen-bond donors (Lipinski definition) is 2. The summed E-state index contributed by atoms with van der Waals surface area (Å²) >= 11 is 0. The molecule has 3 rings (SSSR count). The highest BCUT2D eigenvalue weighted by atomic mass is 19.4. The molecule has 1 aromatic carbocycles. The van der Waals surface area contributed by atoms with Gasteiger partial charge in [0.25, 0.3) is 5.91 Å². The third-order valence-corrected chi connectivity index (χ3v) is 4.64. The Bertz CT molecular complexity index is 821. The zero-order valence-electron chi connectivity index (χ0n) is 15.4. The van der Waals surface area contributed by atoms with E-state index in [-0.39, 0.29) is 5.69 Å². The number of anilines is 1. The van der Waals surface area contributed by atoms with Crippen LogP contribution in [0.4, 0.5) is 23.7 Å². The minimum absolute atomic E-state index is 0.269. The molecule has 0 aromatic heterocycles. The van der Waals surface area contributed by atoms with Gasteiger partial charge in [-0.25, -0.2) is 9.69 Å². The van der Waals surface area contributed by atoms with E-state index in [2.05, 4.69) is 15.2 Å². The van der Waals surface area contributed by atoms with Crippen LogP contribution in [0.2, 0.25) is 0 Å². The number of nitrogens with one attached hydrogen (secondary N) is 2. The third kappa shape index (κ3) is 4.98. The van der Waals surface area contributed by atoms with Crippen LogP contribution in [0, 0.1) is 5.92 Å². The van der Waals surface area contributed by atoms with Crippen LogP contribution in [0.3, 0.4) is 0 Å². The molecule has 1 aromatic rings. The number of hydrogen-bond acceptors (Lipinski definition) is 6. The molecule has 2 aliphatic heterocycles. The van der Waals surface area contributed by atoms with Crippen molar-refractivity contribution in [1.29, 1.82) is 0 Å². The number of amides is 4. The minimum atomic E-state index is -4.63. The summed E-state index contributed by atoms with van der Waals surface area (Å²) in [5, 5.41) is 5.21. The molecule has 29 heavy (non-hydrogen) atoms. The highest BCUT2D eigenvalue weighted by Crippen LogP contribution is 2.32. The van der Waals surface area contributed by atoms with Gasteiger partial charge in [-0.15, -0.1) is 0 Å². The van der Waals surface area contributed by atoms with Gasteiger partial charge in [0, 0.05) is 38.9 Å². The van der Waals surface area contributed by atoms with Gasteiger partial charge in [0.1, 0.15) is 0 Å². The molecule has 4 amide bonds. The Morgan fingerprint density at radius 3 is 2.59 bits per heavy atom. The summed E-state index contributed by atoms with van der Waals surface area (Å²) in [5.41, 5.74) is -1.28. The van der Waals surface area contributed by atoms with E-state index in [4.69, 9.17) is 0 Å². The summed E-state index contributed by atoms with van der Waals surface area (Å²) in [7, 11) is 0. The van der Waals surface area contributed by atoms with Crippen molar-refractivity contribution >= 4 is 29.7 Å². The van der Waals surface area contributed by atoms with Crippen molar-refractivity contribution in [2.24, 2.45) is 10.9 Å². The van der Waals surface area contributed by atoms with Crippen LogP contribution in [-0.2, 0) is 15.8 Å². The van der Waals surface area contributed by atoms with Crippen LogP contribution in [0.5, 0.6) is 0 Å². The zero-order valence-corrected chi connectivity index (χ0v) is 15.4. The fraction of sp³-hybridized carbons (Fsp3) is 0.444. The van der Waals surface area contributed by atoms with E-state index in [1.165, 1.54) is 6.07 Å². The van der Waals surface area contributed by atoms with Gasteiger partial charge in [0.05, 0.1) is 17.8 Å². The number of piperazine rings is 1. The van der Waals surface area contributed by atoms with Gasteiger partial charge in [-0.2, -0.15) is 13.2 Å². The molecule has 0 unspecified atom stereocenters. The third-order valence-electron chi connectivity index (χ3n) is 4.64. The number of rotatable bonds is 5. The molecule has 8 nitrogen and oxygen atoms in total. The highest BCUT2D eigenvalue weighted by Gasteiger charge is 2.41. The number of benzene rings is 1. The molecule has 2 heterocycles. The average Bonchev–Trinajstić information content (AvgIpc) is 2.67. The number of nitrogens with zero attached hydrogens (tertiary/aromatic N) is 3. The first-order valence-corrected chi connectivity index (χ1v) is 9.06. The molecule has 11 heteroatoms. The lowest BCUT2D eigenvalue weighted by atomic mass is 10.1. The molecule has 2 fully saturated rings. The maximum Gasteiger partial charge on any atom is 0.416 e. The number of aliphatic imine (C=N–C) groups is 1. The SMILES string of the molecule is O=C1NC(=O)N(c2cccc(C(F)(F)F)c2)C(=O)[C@H]1C=NCCN1CCNCC1. The summed E-state index contributed by atoms with van der Waals surface area (Å²) < 4.78 is 38.8. The van der Waals surface area contributed by atoms with Crippen molar-refractivity contribution in [2.75, 3.05) is 44.2 Å². The number of imide groups is 2. The number of barbiturate groups is 1. The molecule has 1 atom stereocenters. The van der Waals surface area contributed by atoms with Crippen LogP contribution in [0.15, 0.2) is 29.3 Å². The summed E-state index contributed by atoms with van der Waals surface area (Å²) in [6.45, 7) is 4.50. The Labute approximate surface area is 164 Å². The van der Waals surface area contributed by atoms with Crippen LogP contribution >= 0.6 is 0 Å². The Kier molecular flexibility index (Phi) is 6.28. The van der Waals surface area contributed by atoms with Crippen LogP contribution < -0.4 is 15.5 Å².